The molecule has 90 valence electrons. The van der Waals surface area contributed by atoms with Gasteiger partial charge in [-0.3, -0.25) is 5.14 Å². The second-order valence-corrected chi connectivity index (χ2v) is 10.8. The molecule has 2 nitrogen and oxygen atoms in total. The fourth-order valence-electron chi connectivity index (χ4n) is 2.20. The third-order valence-electron chi connectivity index (χ3n) is 3.39. The number of para-hydroxylation sites is 1. The first-order valence-corrected chi connectivity index (χ1v) is 10.1. The summed E-state index contributed by atoms with van der Waals surface area (Å²) in [6.45, 7) is 4.55. The molecule has 2 N–H and O–H groups in total. The summed E-state index contributed by atoms with van der Waals surface area (Å²) in [5, 5.41) is 9.28. The molecule has 1 heterocycles. The van der Waals surface area contributed by atoms with E-state index in [0.717, 1.165) is 0 Å². The van der Waals surface area contributed by atoms with Crippen molar-refractivity contribution in [3.05, 3.63) is 30.3 Å². The normalized spacial score (nSPS) is 31.4. The van der Waals surface area contributed by atoms with Crippen LogP contribution in [0.5, 0.6) is 0 Å². The second kappa shape index (κ2) is 4.81. The lowest BCUT2D eigenvalue weighted by atomic mass is 10.2. The monoisotopic (exact) mass is 254 g/mol. The van der Waals surface area contributed by atoms with Crippen molar-refractivity contribution in [2.75, 3.05) is 15.1 Å². The summed E-state index contributed by atoms with van der Waals surface area (Å²) >= 11 is 0. The van der Waals surface area contributed by atoms with Gasteiger partial charge in [0.2, 0.25) is 0 Å². The van der Waals surface area contributed by atoms with Gasteiger partial charge in [0, 0.05) is 21.2 Å². The predicted octanol–water partition coefficient (Wildman–Crippen LogP) is 1.98. The summed E-state index contributed by atoms with van der Waals surface area (Å²) in [5.74, 6) is 0. The fourth-order valence-corrected chi connectivity index (χ4v) is 8.70. The summed E-state index contributed by atoms with van der Waals surface area (Å²) in [6, 6.07) is 11.3. The van der Waals surface area contributed by atoms with E-state index in [4.69, 9.17) is 5.14 Å². The molecular weight excluding hydrogens is 232 g/mol. The molecule has 1 aromatic carbocycles. The average Bonchev–Trinajstić information content (AvgIpc) is 2.28. The Morgan fingerprint density at radius 2 is 2.00 bits per heavy atom. The maximum absolute atomic E-state index is 6.60. The minimum absolute atomic E-state index is 0.184. The Hall–Kier alpha value is -0.453. The smallest absolute Gasteiger partial charge is 0.0468 e. The first-order valence-electron chi connectivity index (χ1n) is 6.08. The zero-order valence-corrected chi connectivity index (χ0v) is 12.5. The number of hydrogen-bond acceptors (Lipinski definition) is 2. The molecule has 2 rings (SSSR count). The maximum atomic E-state index is 6.60. The highest BCUT2D eigenvalue weighted by Gasteiger charge is 2.36. The van der Waals surface area contributed by atoms with E-state index >= 15 is 0 Å². The van der Waals surface area contributed by atoms with Crippen molar-refractivity contribution < 1.29 is 0 Å². The maximum Gasteiger partial charge on any atom is 0.0468 e. The number of benzene rings is 1. The highest BCUT2D eigenvalue weighted by atomic mass is 32.3. The summed E-state index contributed by atoms with van der Waals surface area (Å²) < 4.78 is 2.53. The lowest BCUT2D eigenvalue weighted by Gasteiger charge is -2.55. The molecule has 0 aromatic heterocycles. The van der Waals surface area contributed by atoms with Crippen molar-refractivity contribution in [2.45, 2.75) is 26.3 Å². The van der Waals surface area contributed by atoms with Gasteiger partial charge in [-0.1, -0.05) is 25.1 Å². The molecule has 0 saturated carbocycles. The van der Waals surface area contributed by atoms with Crippen LogP contribution in [0.3, 0.4) is 0 Å². The van der Waals surface area contributed by atoms with Crippen LogP contribution in [0.2, 0.25) is 0 Å². The molecule has 1 atom stereocenters. The number of anilines is 1. The molecule has 1 fully saturated rings. The average molecular weight is 254 g/mol. The van der Waals surface area contributed by atoms with Crippen LogP contribution >= 0.6 is 10.4 Å². The van der Waals surface area contributed by atoms with Crippen LogP contribution < -0.4 is 9.44 Å². The third-order valence-corrected chi connectivity index (χ3v) is 12.7. The van der Waals surface area contributed by atoms with Gasteiger partial charge in [-0.2, -0.15) is 0 Å². The van der Waals surface area contributed by atoms with Gasteiger partial charge in [0.25, 0.3) is 0 Å². The van der Waals surface area contributed by atoms with E-state index in [-0.39, 0.29) is 9.52 Å². The van der Waals surface area contributed by atoms with Gasteiger partial charge in [0.1, 0.15) is 0 Å². The fraction of sp³-hybridized carbons (Fsp3) is 0.500. The van der Waals surface area contributed by atoms with E-state index in [1.165, 1.54) is 22.9 Å². The molecule has 4 heteroatoms. The highest BCUT2D eigenvalue weighted by molar-refractivity contribution is 8.36. The van der Waals surface area contributed by atoms with Crippen LogP contribution in [0.4, 0.5) is 5.69 Å². The van der Waals surface area contributed by atoms with Crippen molar-refractivity contribution >= 4 is 25.6 Å². The Labute approximate surface area is 103 Å². The summed E-state index contributed by atoms with van der Waals surface area (Å²) in [4.78, 5) is 0. The van der Waals surface area contributed by atoms with Gasteiger partial charge < -0.3 is 4.31 Å². The zero-order chi connectivity index (χ0) is 11.6. The molecule has 0 amide bonds. The quantitative estimate of drug-likeness (QED) is 0.833. The van der Waals surface area contributed by atoms with E-state index in [0.29, 0.717) is 6.04 Å². The molecule has 16 heavy (non-hydrogen) atoms. The van der Waals surface area contributed by atoms with E-state index in [1.807, 2.05) is 0 Å². The van der Waals surface area contributed by atoms with Crippen LogP contribution in [0.15, 0.2) is 30.3 Å². The lowest BCUT2D eigenvalue weighted by Crippen LogP contribution is -2.51. The Balaban J connectivity index is 2.28. The molecule has 0 aliphatic carbocycles. The van der Waals surface area contributed by atoms with Crippen molar-refractivity contribution in [1.29, 1.82) is 0 Å². The molecule has 0 bridgehead atoms. The molecule has 1 aromatic rings. The second-order valence-electron chi connectivity index (χ2n) is 4.58. The Bertz CT molecular complexity index is 340. The predicted molar refractivity (Wildman–Crippen MR) is 78.7 cm³/mol. The molecule has 1 aliphatic heterocycles. The Morgan fingerprint density at radius 1 is 1.38 bits per heavy atom. The van der Waals surface area contributed by atoms with Gasteiger partial charge in [0.05, 0.1) is 0 Å². The SMILES string of the molecule is CCC(C)N(c1ccccc1)S1(N)C[SiH2]C1. The van der Waals surface area contributed by atoms with E-state index in [9.17, 15) is 0 Å². The van der Waals surface area contributed by atoms with Crippen molar-refractivity contribution in [3.8, 4) is 0 Å². The summed E-state index contributed by atoms with van der Waals surface area (Å²) in [6.07, 6.45) is 1.17. The van der Waals surface area contributed by atoms with E-state index in [2.05, 4.69) is 48.5 Å². The number of nitrogens with two attached hydrogens (primary N) is 1. The van der Waals surface area contributed by atoms with E-state index in [1.54, 1.807) is 0 Å². The molecule has 1 aliphatic rings. The van der Waals surface area contributed by atoms with Crippen LogP contribution in [0.25, 0.3) is 0 Å². The van der Waals surface area contributed by atoms with Crippen LogP contribution in [0.1, 0.15) is 20.3 Å². The first kappa shape index (κ1) is 12.0. The zero-order valence-electron chi connectivity index (χ0n) is 10.2. The minimum atomic E-state index is -0.949. The molecule has 1 saturated heterocycles. The standard InChI is InChI=1S/C12H22N2SSi/c1-3-11(2)14(15(13)9-16-10-15)12-7-5-4-6-8-12/h4-8,11H,3,9-10,13,16H2,1-2H3. The van der Waals surface area contributed by atoms with Crippen molar-refractivity contribution in [3.63, 3.8) is 0 Å². The van der Waals surface area contributed by atoms with Crippen LogP contribution in [-0.4, -0.2) is 26.3 Å². The number of nitrogens with zero attached hydrogens (tertiary/aromatic N) is 1. The van der Waals surface area contributed by atoms with Gasteiger partial charge >= 0.3 is 0 Å². The van der Waals surface area contributed by atoms with Crippen LogP contribution in [0, 0.1) is 0 Å². The minimum Gasteiger partial charge on any atom is -0.320 e. The van der Waals surface area contributed by atoms with Gasteiger partial charge in [-0.15, -0.1) is 10.4 Å². The van der Waals surface area contributed by atoms with Crippen molar-refractivity contribution in [2.24, 2.45) is 5.14 Å². The molecule has 0 spiro atoms. The van der Waals surface area contributed by atoms with Crippen molar-refractivity contribution in [1.82, 2.24) is 0 Å². The van der Waals surface area contributed by atoms with E-state index < -0.39 is 10.4 Å². The summed E-state index contributed by atoms with van der Waals surface area (Å²) in [7, 11) is -0.765. The number of hydrogen-bond donors (Lipinski definition) is 1. The Kier molecular flexibility index (Phi) is 3.62. The first-order chi connectivity index (χ1) is 7.67. The Morgan fingerprint density at radius 3 is 2.44 bits per heavy atom. The third kappa shape index (κ3) is 2.14. The summed E-state index contributed by atoms with van der Waals surface area (Å²) in [5.41, 5.74) is 1.32. The number of rotatable bonds is 4. The van der Waals surface area contributed by atoms with Gasteiger partial charge in [0.15, 0.2) is 0 Å². The van der Waals surface area contributed by atoms with Gasteiger partial charge in [-0.25, -0.2) is 0 Å². The molecule has 0 radical (unpaired) electrons. The van der Waals surface area contributed by atoms with Crippen LogP contribution in [-0.2, 0) is 0 Å². The molecule has 1 unspecified atom stereocenters. The lowest BCUT2D eigenvalue weighted by molar-refractivity contribution is 0.714. The highest BCUT2D eigenvalue weighted by Crippen LogP contribution is 2.52. The van der Waals surface area contributed by atoms with Gasteiger partial charge in [-0.05, 0) is 36.2 Å². The largest absolute Gasteiger partial charge is 0.320 e. The topological polar surface area (TPSA) is 29.3 Å². The molecular formula is C12H22N2SSi.